The zero-order valence-electron chi connectivity index (χ0n) is 7.61. The van der Waals surface area contributed by atoms with Crippen LogP contribution < -0.4 is 5.73 Å². The summed E-state index contributed by atoms with van der Waals surface area (Å²) in [6, 6.07) is 7.08. The van der Waals surface area contributed by atoms with E-state index in [1.807, 2.05) is 18.2 Å². The van der Waals surface area contributed by atoms with Crippen LogP contribution in [0.1, 0.15) is 24.4 Å². The number of rotatable bonds is 4. The Bertz CT molecular complexity index is 283. The molecule has 0 radical (unpaired) electrons. The van der Waals surface area contributed by atoms with Gasteiger partial charge in [-0.15, -0.1) is 6.58 Å². The highest BCUT2D eigenvalue weighted by molar-refractivity contribution is 5.34. The van der Waals surface area contributed by atoms with Gasteiger partial charge in [-0.3, -0.25) is 0 Å². The van der Waals surface area contributed by atoms with Crippen molar-refractivity contribution in [1.82, 2.24) is 0 Å². The largest absolute Gasteiger partial charge is 0.508 e. The molecule has 0 amide bonds. The summed E-state index contributed by atoms with van der Waals surface area (Å²) < 4.78 is 0. The Kier molecular flexibility index (Phi) is 3.53. The summed E-state index contributed by atoms with van der Waals surface area (Å²) >= 11 is 0. The van der Waals surface area contributed by atoms with Gasteiger partial charge < -0.3 is 10.8 Å². The van der Waals surface area contributed by atoms with E-state index in [4.69, 9.17) is 5.73 Å². The van der Waals surface area contributed by atoms with Crippen molar-refractivity contribution >= 4 is 0 Å². The third kappa shape index (κ3) is 2.60. The molecule has 1 aromatic rings. The average Bonchev–Trinajstić information content (AvgIpc) is 2.15. The number of nitrogens with two attached hydrogens (primary N) is 1. The number of phenols is 1. The summed E-state index contributed by atoms with van der Waals surface area (Å²) in [6.45, 7) is 3.63. The van der Waals surface area contributed by atoms with Crippen molar-refractivity contribution in [2.24, 2.45) is 5.73 Å². The van der Waals surface area contributed by atoms with Gasteiger partial charge in [-0.25, -0.2) is 0 Å². The maximum Gasteiger partial charge on any atom is 0.120 e. The van der Waals surface area contributed by atoms with Crippen LogP contribution >= 0.6 is 0 Å². The molecule has 13 heavy (non-hydrogen) atoms. The van der Waals surface area contributed by atoms with E-state index < -0.39 is 0 Å². The second kappa shape index (κ2) is 4.67. The number of hydrogen-bond donors (Lipinski definition) is 2. The summed E-state index contributed by atoms with van der Waals surface area (Å²) in [5.41, 5.74) is 6.68. The van der Waals surface area contributed by atoms with Crippen LogP contribution in [0, 0.1) is 0 Å². The van der Waals surface area contributed by atoms with E-state index in [1.165, 1.54) is 0 Å². The van der Waals surface area contributed by atoms with Crippen molar-refractivity contribution in [2.45, 2.75) is 18.9 Å². The van der Waals surface area contributed by atoms with Crippen LogP contribution in [0.25, 0.3) is 0 Å². The SMILES string of the molecule is C=CCC[C@H](N)c1ccccc1O. The van der Waals surface area contributed by atoms with Gasteiger partial charge >= 0.3 is 0 Å². The highest BCUT2D eigenvalue weighted by atomic mass is 16.3. The molecule has 0 aromatic heterocycles. The van der Waals surface area contributed by atoms with Crippen LogP contribution in [-0.2, 0) is 0 Å². The molecule has 0 heterocycles. The minimum atomic E-state index is -0.0980. The molecule has 1 rings (SSSR count). The predicted molar refractivity (Wildman–Crippen MR) is 54.5 cm³/mol. The summed E-state index contributed by atoms with van der Waals surface area (Å²) in [6.07, 6.45) is 3.52. The van der Waals surface area contributed by atoms with Crippen LogP contribution in [0.2, 0.25) is 0 Å². The normalized spacial score (nSPS) is 12.4. The van der Waals surface area contributed by atoms with E-state index in [0.717, 1.165) is 18.4 Å². The van der Waals surface area contributed by atoms with Crippen molar-refractivity contribution in [2.75, 3.05) is 0 Å². The molecule has 0 saturated heterocycles. The van der Waals surface area contributed by atoms with Gasteiger partial charge in [0.15, 0.2) is 0 Å². The zero-order chi connectivity index (χ0) is 9.68. The zero-order valence-corrected chi connectivity index (χ0v) is 7.61. The summed E-state index contributed by atoms with van der Waals surface area (Å²) in [5.74, 6) is 0.277. The average molecular weight is 177 g/mol. The Hall–Kier alpha value is -1.28. The molecule has 0 saturated carbocycles. The monoisotopic (exact) mass is 177 g/mol. The minimum absolute atomic E-state index is 0.0980. The lowest BCUT2D eigenvalue weighted by molar-refractivity contribution is 0.459. The van der Waals surface area contributed by atoms with Crippen LogP contribution in [0.4, 0.5) is 0 Å². The van der Waals surface area contributed by atoms with Gasteiger partial charge in [0.25, 0.3) is 0 Å². The molecule has 0 aliphatic rings. The van der Waals surface area contributed by atoms with Gasteiger partial charge in [-0.1, -0.05) is 24.3 Å². The molecule has 0 bridgehead atoms. The Balaban J connectivity index is 2.70. The lowest BCUT2D eigenvalue weighted by atomic mass is 10.0. The fourth-order valence-corrected chi connectivity index (χ4v) is 1.25. The number of phenolic OH excluding ortho intramolecular Hbond substituents is 1. The topological polar surface area (TPSA) is 46.2 Å². The second-order valence-electron chi connectivity index (χ2n) is 3.03. The minimum Gasteiger partial charge on any atom is -0.508 e. The van der Waals surface area contributed by atoms with E-state index >= 15 is 0 Å². The van der Waals surface area contributed by atoms with Gasteiger partial charge in [0.2, 0.25) is 0 Å². The Morgan fingerprint density at radius 3 is 2.77 bits per heavy atom. The third-order valence-corrected chi connectivity index (χ3v) is 2.02. The number of benzene rings is 1. The van der Waals surface area contributed by atoms with Gasteiger partial charge in [0.1, 0.15) is 5.75 Å². The van der Waals surface area contributed by atoms with Crippen molar-refractivity contribution in [1.29, 1.82) is 0 Å². The van der Waals surface area contributed by atoms with Crippen molar-refractivity contribution in [3.05, 3.63) is 42.5 Å². The molecule has 2 heteroatoms. The summed E-state index contributed by atoms with van der Waals surface area (Å²) in [4.78, 5) is 0. The Morgan fingerprint density at radius 1 is 1.46 bits per heavy atom. The van der Waals surface area contributed by atoms with Crippen LogP contribution in [0.3, 0.4) is 0 Å². The first-order valence-corrected chi connectivity index (χ1v) is 4.40. The number of allylic oxidation sites excluding steroid dienone is 1. The molecule has 3 N–H and O–H groups in total. The maximum absolute atomic E-state index is 9.47. The predicted octanol–water partition coefficient (Wildman–Crippen LogP) is 2.36. The quantitative estimate of drug-likeness (QED) is 0.693. The second-order valence-corrected chi connectivity index (χ2v) is 3.03. The van der Waals surface area contributed by atoms with Crippen molar-refractivity contribution in [3.8, 4) is 5.75 Å². The Labute approximate surface area is 78.7 Å². The van der Waals surface area contributed by atoms with Crippen LogP contribution in [0.5, 0.6) is 5.75 Å². The van der Waals surface area contributed by atoms with E-state index in [9.17, 15) is 5.11 Å². The van der Waals surface area contributed by atoms with Crippen LogP contribution in [-0.4, -0.2) is 5.11 Å². The first-order chi connectivity index (χ1) is 6.25. The molecule has 70 valence electrons. The van der Waals surface area contributed by atoms with E-state index in [-0.39, 0.29) is 11.8 Å². The molecule has 0 unspecified atom stereocenters. The number of aromatic hydroxyl groups is 1. The van der Waals surface area contributed by atoms with Gasteiger partial charge in [0, 0.05) is 11.6 Å². The first-order valence-electron chi connectivity index (χ1n) is 4.40. The standard InChI is InChI=1S/C11H15NO/c1-2-3-7-10(12)9-6-4-5-8-11(9)13/h2,4-6,8,10,13H,1,3,7,12H2/t10-/m0/s1. The molecule has 2 nitrogen and oxygen atoms in total. The van der Waals surface area contributed by atoms with Crippen LogP contribution in [0.15, 0.2) is 36.9 Å². The van der Waals surface area contributed by atoms with Gasteiger partial charge in [-0.2, -0.15) is 0 Å². The lowest BCUT2D eigenvalue weighted by Crippen LogP contribution is -2.09. The molecule has 0 fully saturated rings. The van der Waals surface area contributed by atoms with Gasteiger partial charge in [0.05, 0.1) is 0 Å². The number of hydrogen-bond acceptors (Lipinski definition) is 2. The highest BCUT2D eigenvalue weighted by Crippen LogP contribution is 2.24. The molecule has 0 spiro atoms. The maximum atomic E-state index is 9.47. The molecule has 1 aromatic carbocycles. The van der Waals surface area contributed by atoms with E-state index in [1.54, 1.807) is 12.1 Å². The summed E-state index contributed by atoms with van der Waals surface area (Å²) in [7, 11) is 0. The fourth-order valence-electron chi connectivity index (χ4n) is 1.25. The molecular weight excluding hydrogens is 162 g/mol. The third-order valence-electron chi connectivity index (χ3n) is 2.02. The highest BCUT2D eigenvalue weighted by Gasteiger charge is 2.08. The van der Waals surface area contributed by atoms with Crippen molar-refractivity contribution < 1.29 is 5.11 Å². The van der Waals surface area contributed by atoms with Gasteiger partial charge in [-0.05, 0) is 18.9 Å². The molecular formula is C11H15NO. The van der Waals surface area contributed by atoms with Crippen molar-refractivity contribution in [3.63, 3.8) is 0 Å². The lowest BCUT2D eigenvalue weighted by Gasteiger charge is -2.11. The summed E-state index contributed by atoms with van der Waals surface area (Å²) in [5, 5.41) is 9.47. The molecule has 0 aliphatic heterocycles. The fraction of sp³-hybridized carbons (Fsp3) is 0.273. The first kappa shape index (κ1) is 9.81. The van der Waals surface area contributed by atoms with E-state index in [2.05, 4.69) is 6.58 Å². The Morgan fingerprint density at radius 2 is 2.15 bits per heavy atom. The smallest absolute Gasteiger partial charge is 0.120 e. The molecule has 0 aliphatic carbocycles. The number of para-hydroxylation sites is 1. The molecule has 1 atom stereocenters. The van der Waals surface area contributed by atoms with E-state index in [0.29, 0.717) is 0 Å².